The maximum atomic E-state index is 12.9. The highest BCUT2D eigenvalue weighted by Crippen LogP contribution is 2.43. The van der Waals surface area contributed by atoms with Crippen molar-refractivity contribution in [2.45, 2.75) is 25.8 Å². The molecule has 0 aliphatic carbocycles. The lowest BCUT2D eigenvalue weighted by molar-refractivity contribution is -0.128. The molecule has 5 rings (SSSR count). The van der Waals surface area contributed by atoms with Gasteiger partial charge in [-0.2, -0.15) is 5.10 Å². The quantitative estimate of drug-likeness (QED) is 0.293. The summed E-state index contributed by atoms with van der Waals surface area (Å²) < 4.78 is 7.79. The summed E-state index contributed by atoms with van der Waals surface area (Å²) in [6, 6.07) is 28.4. The van der Waals surface area contributed by atoms with E-state index in [-0.39, 0.29) is 11.3 Å². The zero-order chi connectivity index (χ0) is 24.2. The van der Waals surface area contributed by atoms with Gasteiger partial charge in [0, 0.05) is 23.9 Å². The Kier molecular flexibility index (Phi) is 6.91. The summed E-state index contributed by atoms with van der Waals surface area (Å²) in [7, 11) is 0. The Morgan fingerprint density at radius 2 is 1.66 bits per heavy atom. The van der Waals surface area contributed by atoms with Crippen LogP contribution in [0.3, 0.4) is 0 Å². The summed E-state index contributed by atoms with van der Waals surface area (Å²) in [5.74, 6) is 1.94. The fourth-order valence-corrected chi connectivity index (χ4v) is 5.33. The number of nitrogens with zero attached hydrogens (tertiary/aromatic N) is 3. The summed E-state index contributed by atoms with van der Waals surface area (Å²) in [6.45, 7) is 5.54. The SMILES string of the molecule is CC(C)COc1ccc(-c2nn(-c3ccccc3)cc2[C@H]2SCC(=O)N2Cc2ccccc2)cc1. The van der Waals surface area contributed by atoms with Crippen LogP contribution < -0.4 is 4.74 Å². The fraction of sp³-hybridized carbons (Fsp3) is 0.241. The van der Waals surface area contributed by atoms with Gasteiger partial charge >= 0.3 is 0 Å². The average molecular weight is 484 g/mol. The molecule has 178 valence electrons. The predicted molar refractivity (Wildman–Crippen MR) is 142 cm³/mol. The molecule has 35 heavy (non-hydrogen) atoms. The molecule has 1 aromatic heterocycles. The average Bonchev–Trinajstić information content (AvgIpc) is 3.48. The van der Waals surface area contributed by atoms with Gasteiger partial charge in [0.1, 0.15) is 11.1 Å². The van der Waals surface area contributed by atoms with Crippen molar-refractivity contribution in [3.8, 4) is 22.7 Å². The molecule has 1 aliphatic heterocycles. The lowest BCUT2D eigenvalue weighted by atomic mass is 10.1. The van der Waals surface area contributed by atoms with E-state index in [0.29, 0.717) is 24.8 Å². The molecule has 1 saturated heterocycles. The van der Waals surface area contributed by atoms with E-state index in [2.05, 4.69) is 44.3 Å². The number of carbonyl (C=O) groups is 1. The van der Waals surface area contributed by atoms with Gasteiger partial charge in [0.05, 0.1) is 23.7 Å². The van der Waals surface area contributed by atoms with Gasteiger partial charge in [-0.15, -0.1) is 11.8 Å². The molecule has 4 aromatic rings. The molecule has 0 unspecified atom stereocenters. The van der Waals surface area contributed by atoms with Crippen LogP contribution in [0.25, 0.3) is 16.9 Å². The van der Waals surface area contributed by atoms with E-state index in [1.807, 2.05) is 70.2 Å². The Bertz CT molecular complexity index is 1270. The minimum absolute atomic E-state index is 0.105. The fourth-order valence-electron chi connectivity index (χ4n) is 4.14. The van der Waals surface area contributed by atoms with E-state index in [4.69, 9.17) is 9.84 Å². The molecule has 1 atom stereocenters. The molecule has 5 nitrogen and oxygen atoms in total. The number of thioether (sulfide) groups is 1. The molecule has 6 heteroatoms. The van der Waals surface area contributed by atoms with Crippen molar-refractivity contribution in [2.24, 2.45) is 5.92 Å². The van der Waals surface area contributed by atoms with Crippen LogP contribution in [0, 0.1) is 5.92 Å². The van der Waals surface area contributed by atoms with Crippen molar-refractivity contribution in [1.82, 2.24) is 14.7 Å². The third kappa shape index (κ3) is 5.28. The maximum absolute atomic E-state index is 12.9. The Hall–Kier alpha value is -3.51. The molecule has 1 aliphatic rings. The summed E-state index contributed by atoms with van der Waals surface area (Å²) in [4.78, 5) is 14.9. The van der Waals surface area contributed by atoms with Gasteiger partial charge in [-0.1, -0.05) is 62.4 Å². The summed E-state index contributed by atoms with van der Waals surface area (Å²) in [5.41, 5.74) is 5.04. The van der Waals surface area contributed by atoms with Gasteiger partial charge in [-0.05, 0) is 47.9 Å². The first-order valence-corrected chi connectivity index (χ1v) is 13.0. The summed E-state index contributed by atoms with van der Waals surface area (Å²) in [5, 5.41) is 4.89. The lowest BCUT2D eigenvalue weighted by Crippen LogP contribution is -2.27. The Labute approximate surface area is 210 Å². The van der Waals surface area contributed by atoms with Gasteiger partial charge in [0.25, 0.3) is 0 Å². The molecule has 0 saturated carbocycles. The highest BCUT2D eigenvalue weighted by atomic mass is 32.2. The molecular formula is C29H29N3O2S. The number of ether oxygens (including phenoxy) is 1. The highest BCUT2D eigenvalue weighted by molar-refractivity contribution is 8.00. The van der Waals surface area contributed by atoms with E-state index in [1.54, 1.807) is 11.8 Å². The highest BCUT2D eigenvalue weighted by Gasteiger charge is 2.35. The van der Waals surface area contributed by atoms with Crippen molar-refractivity contribution < 1.29 is 9.53 Å². The van der Waals surface area contributed by atoms with Crippen LogP contribution >= 0.6 is 11.8 Å². The van der Waals surface area contributed by atoms with Crippen LogP contribution in [-0.2, 0) is 11.3 Å². The molecule has 1 amide bonds. The predicted octanol–water partition coefficient (Wildman–Crippen LogP) is 6.35. The number of amides is 1. The number of hydrogen-bond acceptors (Lipinski definition) is 4. The molecule has 2 heterocycles. The molecular weight excluding hydrogens is 454 g/mol. The number of aromatic nitrogens is 2. The van der Waals surface area contributed by atoms with E-state index in [0.717, 1.165) is 33.8 Å². The molecule has 3 aromatic carbocycles. The Morgan fingerprint density at radius 3 is 2.34 bits per heavy atom. The van der Waals surface area contributed by atoms with E-state index < -0.39 is 0 Å². The van der Waals surface area contributed by atoms with E-state index in [9.17, 15) is 4.79 Å². The van der Waals surface area contributed by atoms with Gasteiger partial charge in [0.2, 0.25) is 5.91 Å². The molecule has 0 radical (unpaired) electrons. The van der Waals surface area contributed by atoms with Gasteiger partial charge in [-0.3, -0.25) is 4.79 Å². The monoisotopic (exact) mass is 483 g/mol. The number of hydrogen-bond donors (Lipinski definition) is 0. The second kappa shape index (κ2) is 10.4. The molecule has 1 fully saturated rings. The summed E-state index contributed by atoms with van der Waals surface area (Å²) in [6.07, 6.45) is 2.07. The van der Waals surface area contributed by atoms with Gasteiger partial charge < -0.3 is 9.64 Å². The second-order valence-electron chi connectivity index (χ2n) is 9.11. The van der Waals surface area contributed by atoms with Crippen LogP contribution in [0.5, 0.6) is 5.75 Å². The topological polar surface area (TPSA) is 47.4 Å². The summed E-state index contributed by atoms with van der Waals surface area (Å²) >= 11 is 1.66. The zero-order valence-corrected chi connectivity index (χ0v) is 20.8. The first-order chi connectivity index (χ1) is 17.1. The van der Waals surface area contributed by atoms with Crippen molar-refractivity contribution in [1.29, 1.82) is 0 Å². The third-order valence-corrected chi connectivity index (χ3v) is 7.14. The van der Waals surface area contributed by atoms with Crippen LogP contribution in [0.15, 0.2) is 91.1 Å². The first kappa shape index (κ1) is 23.2. The zero-order valence-electron chi connectivity index (χ0n) is 20.0. The van der Waals surface area contributed by atoms with Crippen LogP contribution in [0.4, 0.5) is 0 Å². The molecule has 0 N–H and O–H groups in total. The maximum Gasteiger partial charge on any atom is 0.234 e. The van der Waals surface area contributed by atoms with Crippen LogP contribution in [-0.4, -0.2) is 32.9 Å². The number of rotatable bonds is 8. The normalized spacial score (nSPS) is 15.7. The van der Waals surface area contributed by atoms with Crippen LogP contribution in [0.2, 0.25) is 0 Å². The largest absolute Gasteiger partial charge is 0.493 e. The lowest BCUT2D eigenvalue weighted by Gasteiger charge is -2.24. The third-order valence-electron chi connectivity index (χ3n) is 5.90. The number of carbonyl (C=O) groups excluding carboxylic acids is 1. The van der Waals surface area contributed by atoms with Gasteiger partial charge in [0.15, 0.2) is 0 Å². The number of para-hydroxylation sites is 1. The van der Waals surface area contributed by atoms with Crippen molar-refractivity contribution in [3.63, 3.8) is 0 Å². The second-order valence-corrected chi connectivity index (χ2v) is 10.2. The van der Waals surface area contributed by atoms with E-state index >= 15 is 0 Å². The number of benzene rings is 3. The van der Waals surface area contributed by atoms with Crippen molar-refractivity contribution in [2.75, 3.05) is 12.4 Å². The Balaban J connectivity index is 1.52. The Morgan fingerprint density at radius 1 is 0.971 bits per heavy atom. The van der Waals surface area contributed by atoms with Gasteiger partial charge in [-0.25, -0.2) is 4.68 Å². The minimum atomic E-state index is -0.105. The minimum Gasteiger partial charge on any atom is -0.493 e. The van der Waals surface area contributed by atoms with E-state index in [1.165, 1.54) is 0 Å². The van der Waals surface area contributed by atoms with Crippen LogP contribution in [0.1, 0.15) is 30.3 Å². The molecule has 0 bridgehead atoms. The standard InChI is InChI=1S/C29H29N3O2S/c1-21(2)19-34-25-15-13-23(14-16-25)28-26(18-32(30-28)24-11-7-4-8-12-24)29-31(27(33)20-35-29)17-22-9-5-3-6-10-22/h3-16,18,21,29H,17,19-20H2,1-2H3/t29-/m1/s1. The first-order valence-electron chi connectivity index (χ1n) is 11.9. The molecule has 0 spiro atoms. The van der Waals surface area contributed by atoms with Crippen molar-refractivity contribution in [3.05, 3.63) is 102 Å². The van der Waals surface area contributed by atoms with Crippen molar-refractivity contribution >= 4 is 17.7 Å². The smallest absolute Gasteiger partial charge is 0.234 e.